The molecule has 164 valence electrons. The Kier molecular flexibility index (Phi) is 12.4. The first kappa shape index (κ1) is 23.9. The van der Waals surface area contributed by atoms with Crippen LogP contribution in [0.3, 0.4) is 0 Å². The summed E-state index contributed by atoms with van der Waals surface area (Å²) in [7, 11) is 1.60. The second-order valence-corrected chi connectivity index (χ2v) is 7.55. The monoisotopic (exact) mass is 412 g/mol. The van der Waals surface area contributed by atoms with Gasteiger partial charge in [0.15, 0.2) is 11.5 Å². The largest absolute Gasteiger partial charge is 0.493 e. The minimum Gasteiger partial charge on any atom is -0.493 e. The lowest BCUT2D eigenvalue weighted by Gasteiger charge is -2.11. The van der Waals surface area contributed by atoms with Gasteiger partial charge in [-0.05, 0) is 62.3 Å². The summed E-state index contributed by atoms with van der Waals surface area (Å²) in [5.41, 5.74) is 2.03. The van der Waals surface area contributed by atoms with Gasteiger partial charge in [0.25, 0.3) is 0 Å². The standard InChI is InChI=1S/C26H36O4/c1-28-25-17-16-24(22-27)21-26(25)30-20-12-5-4-11-19-29-18-10-3-2-7-13-23-14-8-6-9-15-23/h6,8-9,14-17,21-22H,2-5,7,10-13,18-20H2,1H3. The molecule has 2 aromatic carbocycles. The number of ether oxygens (including phenoxy) is 3. The van der Waals surface area contributed by atoms with Crippen LogP contribution in [-0.4, -0.2) is 33.2 Å². The fraction of sp³-hybridized carbons (Fsp3) is 0.500. The van der Waals surface area contributed by atoms with Crippen LogP contribution in [0.1, 0.15) is 67.3 Å². The predicted molar refractivity (Wildman–Crippen MR) is 122 cm³/mol. The van der Waals surface area contributed by atoms with E-state index in [4.69, 9.17) is 14.2 Å². The second kappa shape index (κ2) is 15.5. The van der Waals surface area contributed by atoms with Crippen molar-refractivity contribution in [2.75, 3.05) is 26.9 Å². The van der Waals surface area contributed by atoms with Crippen LogP contribution in [0.15, 0.2) is 48.5 Å². The van der Waals surface area contributed by atoms with E-state index < -0.39 is 0 Å². The van der Waals surface area contributed by atoms with Gasteiger partial charge in [-0.2, -0.15) is 0 Å². The lowest BCUT2D eigenvalue weighted by molar-refractivity contribution is 0.112. The molecule has 4 heteroatoms. The number of methoxy groups -OCH3 is 1. The van der Waals surface area contributed by atoms with Gasteiger partial charge in [0.2, 0.25) is 0 Å². The number of carbonyl (C=O) groups is 1. The molecular weight excluding hydrogens is 376 g/mol. The second-order valence-electron chi connectivity index (χ2n) is 7.55. The molecule has 0 spiro atoms. The average Bonchev–Trinajstić information content (AvgIpc) is 2.79. The number of hydrogen-bond acceptors (Lipinski definition) is 4. The van der Waals surface area contributed by atoms with Gasteiger partial charge in [-0.1, -0.05) is 49.6 Å². The van der Waals surface area contributed by atoms with Crippen molar-refractivity contribution in [3.63, 3.8) is 0 Å². The smallest absolute Gasteiger partial charge is 0.161 e. The van der Waals surface area contributed by atoms with Gasteiger partial charge in [-0.15, -0.1) is 0 Å². The molecule has 0 N–H and O–H groups in total. The minimum atomic E-state index is 0.596. The lowest BCUT2D eigenvalue weighted by atomic mass is 10.1. The highest BCUT2D eigenvalue weighted by Gasteiger charge is 2.05. The van der Waals surface area contributed by atoms with Gasteiger partial charge in [0.1, 0.15) is 6.29 Å². The van der Waals surface area contributed by atoms with E-state index in [2.05, 4.69) is 30.3 Å². The van der Waals surface area contributed by atoms with Gasteiger partial charge < -0.3 is 14.2 Å². The number of aryl methyl sites for hydroxylation is 1. The third-order valence-electron chi connectivity index (χ3n) is 5.11. The van der Waals surface area contributed by atoms with E-state index in [9.17, 15) is 4.79 Å². The molecule has 2 aromatic rings. The predicted octanol–water partition coefficient (Wildman–Crippen LogP) is 6.27. The Balaban J connectivity index is 1.38. The first-order chi connectivity index (χ1) is 14.8. The maximum Gasteiger partial charge on any atom is 0.161 e. The van der Waals surface area contributed by atoms with Crippen LogP contribution in [0, 0.1) is 0 Å². The summed E-state index contributed by atoms with van der Waals surface area (Å²) in [5.74, 6) is 1.29. The number of hydrogen-bond donors (Lipinski definition) is 0. The van der Waals surface area contributed by atoms with Crippen LogP contribution in [0.4, 0.5) is 0 Å². The summed E-state index contributed by atoms with van der Waals surface area (Å²) in [5, 5.41) is 0. The quantitative estimate of drug-likeness (QED) is 0.227. The van der Waals surface area contributed by atoms with Crippen molar-refractivity contribution >= 4 is 6.29 Å². The van der Waals surface area contributed by atoms with E-state index in [1.807, 2.05) is 0 Å². The van der Waals surface area contributed by atoms with E-state index in [-0.39, 0.29) is 0 Å². The van der Waals surface area contributed by atoms with E-state index in [1.54, 1.807) is 25.3 Å². The first-order valence-electron chi connectivity index (χ1n) is 11.2. The molecule has 0 atom stereocenters. The first-order valence-corrected chi connectivity index (χ1v) is 11.2. The van der Waals surface area contributed by atoms with Crippen molar-refractivity contribution in [2.45, 2.75) is 57.8 Å². The fourth-order valence-electron chi connectivity index (χ4n) is 3.35. The van der Waals surface area contributed by atoms with Crippen LogP contribution in [0.25, 0.3) is 0 Å². The Labute approximate surface area is 181 Å². The van der Waals surface area contributed by atoms with E-state index >= 15 is 0 Å². The van der Waals surface area contributed by atoms with Crippen LogP contribution >= 0.6 is 0 Å². The normalized spacial score (nSPS) is 10.7. The van der Waals surface area contributed by atoms with Gasteiger partial charge in [0.05, 0.1) is 13.7 Å². The third-order valence-corrected chi connectivity index (χ3v) is 5.11. The summed E-state index contributed by atoms with van der Waals surface area (Å²) < 4.78 is 16.8. The molecule has 4 nitrogen and oxygen atoms in total. The van der Waals surface area contributed by atoms with E-state index in [0.717, 1.165) is 51.6 Å². The molecule has 0 fully saturated rings. The third kappa shape index (κ3) is 9.93. The summed E-state index contributed by atoms with van der Waals surface area (Å²) in [6.07, 6.45) is 11.3. The number of benzene rings is 2. The highest BCUT2D eigenvalue weighted by molar-refractivity contribution is 5.76. The van der Waals surface area contributed by atoms with E-state index in [1.165, 1.54) is 31.2 Å². The highest BCUT2D eigenvalue weighted by atomic mass is 16.5. The van der Waals surface area contributed by atoms with Gasteiger partial charge >= 0.3 is 0 Å². The van der Waals surface area contributed by atoms with Crippen LogP contribution in [0.5, 0.6) is 11.5 Å². The molecule has 0 bridgehead atoms. The zero-order valence-electron chi connectivity index (χ0n) is 18.3. The molecule has 0 aliphatic heterocycles. The zero-order chi connectivity index (χ0) is 21.3. The molecule has 0 aliphatic rings. The molecule has 0 radical (unpaired) electrons. The Morgan fingerprint density at radius 2 is 1.40 bits per heavy atom. The van der Waals surface area contributed by atoms with Crippen molar-refractivity contribution in [3.8, 4) is 11.5 Å². The van der Waals surface area contributed by atoms with E-state index in [0.29, 0.717) is 23.7 Å². The zero-order valence-corrected chi connectivity index (χ0v) is 18.3. The number of carbonyl (C=O) groups excluding carboxylic acids is 1. The van der Waals surface area contributed by atoms with Crippen molar-refractivity contribution in [1.82, 2.24) is 0 Å². The Bertz CT molecular complexity index is 699. The fourth-order valence-corrected chi connectivity index (χ4v) is 3.35. The van der Waals surface area contributed by atoms with Gasteiger partial charge in [-0.25, -0.2) is 0 Å². The van der Waals surface area contributed by atoms with Gasteiger partial charge in [0, 0.05) is 18.8 Å². The van der Waals surface area contributed by atoms with Crippen molar-refractivity contribution in [2.24, 2.45) is 0 Å². The Hall–Kier alpha value is -2.33. The van der Waals surface area contributed by atoms with Gasteiger partial charge in [-0.3, -0.25) is 4.79 Å². The molecule has 0 saturated heterocycles. The lowest BCUT2D eigenvalue weighted by Crippen LogP contribution is -2.01. The number of aldehydes is 1. The van der Waals surface area contributed by atoms with Crippen LogP contribution < -0.4 is 9.47 Å². The molecule has 0 saturated carbocycles. The van der Waals surface area contributed by atoms with Crippen molar-refractivity contribution in [1.29, 1.82) is 0 Å². The Morgan fingerprint density at radius 3 is 2.07 bits per heavy atom. The minimum absolute atomic E-state index is 0.596. The molecular formula is C26H36O4. The van der Waals surface area contributed by atoms with Crippen LogP contribution in [0.2, 0.25) is 0 Å². The highest BCUT2D eigenvalue weighted by Crippen LogP contribution is 2.27. The maximum atomic E-state index is 10.9. The summed E-state index contributed by atoms with van der Waals surface area (Å²) in [6, 6.07) is 15.9. The maximum absolute atomic E-state index is 10.9. The van der Waals surface area contributed by atoms with Crippen LogP contribution in [-0.2, 0) is 11.2 Å². The molecule has 0 unspecified atom stereocenters. The summed E-state index contributed by atoms with van der Waals surface area (Å²) in [4.78, 5) is 10.9. The number of unbranched alkanes of at least 4 members (excludes halogenated alkanes) is 6. The van der Waals surface area contributed by atoms with Crippen molar-refractivity contribution < 1.29 is 19.0 Å². The number of rotatable bonds is 17. The summed E-state index contributed by atoms with van der Waals surface area (Å²) in [6.45, 7) is 2.35. The molecule has 0 aromatic heterocycles. The molecule has 2 rings (SSSR count). The summed E-state index contributed by atoms with van der Waals surface area (Å²) >= 11 is 0. The molecule has 0 aliphatic carbocycles. The average molecular weight is 413 g/mol. The molecule has 30 heavy (non-hydrogen) atoms. The molecule has 0 heterocycles. The Morgan fingerprint density at radius 1 is 0.733 bits per heavy atom. The SMILES string of the molecule is COc1ccc(C=O)cc1OCCCCCCOCCCCCCc1ccccc1. The molecule has 0 amide bonds. The topological polar surface area (TPSA) is 44.8 Å². The van der Waals surface area contributed by atoms with Crippen molar-refractivity contribution in [3.05, 3.63) is 59.7 Å².